The number of hydrogen-bond acceptors (Lipinski definition) is 5. The van der Waals surface area contributed by atoms with E-state index in [4.69, 9.17) is 21.4 Å². The molecule has 0 radical (unpaired) electrons. The van der Waals surface area contributed by atoms with Crippen molar-refractivity contribution in [2.45, 2.75) is 27.0 Å². The van der Waals surface area contributed by atoms with E-state index in [9.17, 15) is 4.79 Å². The Morgan fingerprint density at radius 2 is 1.93 bits per heavy atom. The number of carbonyl (C=O) groups is 1. The maximum atomic E-state index is 12.4. The van der Waals surface area contributed by atoms with E-state index in [0.717, 1.165) is 20.4 Å². The van der Waals surface area contributed by atoms with Crippen LogP contribution >= 0.6 is 34.8 Å². The number of halogens is 1. The Morgan fingerprint density at radius 3 is 2.59 bits per heavy atom. The second-order valence-corrected chi connectivity index (χ2v) is 7.58. The molecule has 1 N–H and O–H groups in total. The van der Waals surface area contributed by atoms with Gasteiger partial charge in [0.05, 0.1) is 0 Å². The van der Waals surface area contributed by atoms with Crippen molar-refractivity contribution in [1.29, 1.82) is 0 Å². The van der Waals surface area contributed by atoms with Crippen molar-refractivity contribution in [3.05, 3.63) is 67.9 Å². The Kier molecular flexibility index (Phi) is 6.27. The van der Waals surface area contributed by atoms with E-state index in [1.807, 2.05) is 56.3 Å². The highest BCUT2D eigenvalue weighted by Crippen LogP contribution is 2.23. The number of aryl methyl sites for hydroxylation is 2. The lowest BCUT2D eigenvalue weighted by atomic mass is 10.1. The average Bonchev–Trinajstić information content (AvgIpc) is 2.97. The summed E-state index contributed by atoms with van der Waals surface area (Å²) in [5, 5.41) is 7.15. The van der Waals surface area contributed by atoms with Crippen LogP contribution in [0, 0.1) is 22.3 Å². The van der Waals surface area contributed by atoms with Crippen LogP contribution in [0.25, 0.3) is 0 Å². The van der Waals surface area contributed by atoms with Crippen LogP contribution in [0.5, 0.6) is 5.75 Å². The van der Waals surface area contributed by atoms with Crippen molar-refractivity contribution >= 4 is 46.4 Å². The first-order valence-corrected chi connectivity index (χ1v) is 9.72. The van der Waals surface area contributed by atoms with Crippen molar-refractivity contribution in [2.24, 2.45) is 0 Å². The molecule has 0 aliphatic heterocycles. The normalized spacial score (nSPS) is 10.6. The van der Waals surface area contributed by atoms with Crippen LogP contribution in [0.2, 0.25) is 0 Å². The Hall–Kier alpha value is -2.20. The van der Waals surface area contributed by atoms with Crippen molar-refractivity contribution in [3.63, 3.8) is 0 Å². The number of nitrogens with one attached hydrogen (secondary N) is 1. The molecule has 0 aliphatic carbocycles. The van der Waals surface area contributed by atoms with Gasteiger partial charge in [0.1, 0.15) is 12.3 Å². The van der Waals surface area contributed by atoms with Crippen LogP contribution in [0.4, 0.5) is 5.69 Å². The largest absolute Gasteiger partial charge is 0.484 e. The molecule has 1 heterocycles. The van der Waals surface area contributed by atoms with Crippen LogP contribution in [0.15, 0.2) is 46.9 Å². The molecule has 6 nitrogen and oxygen atoms in total. The summed E-state index contributed by atoms with van der Waals surface area (Å²) in [6.45, 7) is 4.03. The molecular weight excluding hydrogens is 477 g/mol. The third-order valence-corrected chi connectivity index (χ3v) is 4.73. The summed E-state index contributed by atoms with van der Waals surface area (Å²) in [5.74, 6) is 0.802. The zero-order valence-corrected chi connectivity index (χ0v) is 17.8. The van der Waals surface area contributed by atoms with Crippen molar-refractivity contribution in [2.75, 3.05) is 5.32 Å². The molecule has 8 heteroatoms. The first-order valence-electron chi connectivity index (χ1n) is 8.23. The number of nitrogens with zero attached hydrogens (tertiary/aromatic N) is 2. The number of benzene rings is 2. The summed E-state index contributed by atoms with van der Waals surface area (Å²) in [6, 6.07) is 13.4. The Bertz CT molecular complexity index is 992. The predicted octanol–water partition coefficient (Wildman–Crippen LogP) is 4.64. The van der Waals surface area contributed by atoms with E-state index in [2.05, 4.69) is 33.0 Å². The number of aromatic nitrogens is 2. The fourth-order valence-corrected chi connectivity index (χ4v) is 3.73. The highest BCUT2D eigenvalue weighted by Gasteiger charge is 2.13. The average molecular weight is 495 g/mol. The summed E-state index contributed by atoms with van der Waals surface area (Å²) in [5.41, 5.74) is 2.82. The first-order chi connectivity index (χ1) is 12.9. The summed E-state index contributed by atoms with van der Waals surface area (Å²) < 4.78 is 13.5. The quantitative estimate of drug-likeness (QED) is 0.399. The summed E-state index contributed by atoms with van der Waals surface area (Å²) in [6.07, 6.45) is 0. The lowest BCUT2D eigenvalue weighted by molar-refractivity contribution is -0.117. The van der Waals surface area contributed by atoms with Crippen LogP contribution in [0.1, 0.15) is 17.0 Å². The minimum Gasteiger partial charge on any atom is -0.484 e. The zero-order valence-electron chi connectivity index (χ0n) is 14.9. The van der Waals surface area contributed by atoms with Crippen molar-refractivity contribution < 1.29 is 13.9 Å². The van der Waals surface area contributed by atoms with Crippen molar-refractivity contribution in [3.8, 4) is 5.75 Å². The van der Waals surface area contributed by atoms with Gasteiger partial charge in [0.25, 0.3) is 10.7 Å². The number of rotatable bonds is 6. The van der Waals surface area contributed by atoms with Crippen LogP contribution in [0.3, 0.4) is 0 Å². The number of anilines is 1. The number of ether oxygens (including phenoxy) is 1. The number of carbonyl (C=O) groups excluding carboxylic acids is 1. The summed E-state index contributed by atoms with van der Waals surface area (Å²) in [7, 11) is 0. The molecule has 0 bridgehead atoms. The molecule has 0 fully saturated rings. The SMILES string of the molecule is Cc1cc(I)cc(C)c1NC(=O)Cn1nc(COc2ccccc2)oc1=S. The summed E-state index contributed by atoms with van der Waals surface area (Å²) in [4.78, 5) is 12.6. The molecule has 140 valence electrons. The lowest BCUT2D eigenvalue weighted by Crippen LogP contribution is -2.21. The van der Waals surface area contributed by atoms with E-state index in [1.165, 1.54) is 4.68 Å². The van der Waals surface area contributed by atoms with Gasteiger partial charge in [0.15, 0.2) is 6.61 Å². The van der Waals surface area contributed by atoms with E-state index < -0.39 is 0 Å². The third kappa shape index (κ3) is 5.16. The van der Waals surface area contributed by atoms with Gasteiger partial charge in [-0.1, -0.05) is 18.2 Å². The number of hydrogen-bond donors (Lipinski definition) is 1. The fourth-order valence-electron chi connectivity index (χ4n) is 2.59. The van der Waals surface area contributed by atoms with E-state index >= 15 is 0 Å². The lowest BCUT2D eigenvalue weighted by Gasteiger charge is -2.12. The fraction of sp³-hybridized carbons (Fsp3) is 0.211. The Labute approximate surface area is 175 Å². The maximum Gasteiger partial charge on any atom is 0.287 e. The third-order valence-electron chi connectivity index (χ3n) is 3.81. The first kappa shape index (κ1) is 19.6. The zero-order chi connectivity index (χ0) is 19.4. The Morgan fingerprint density at radius 1 is 1.26 bits per heavy atom. The van der Waals surface area contributed by atoms with Gasteiger partial charge in [-0.2, -0.15) is 0 Å². The van der Waals surface area contributed by atoms with Gasteiger partial charge in [0.2, 0.25) is 5.91 Å². The standard InChI is InChI=1S/C19H18IN3O3S/c1-12-8-14(20)9-13(2)18(12)21-16(24)10-23-19(27)26-17(22-23)11-25-15-6-4-3-5-7-15/h3-9H,10-11H2,1-2H3,(H,21,24). The van der Waals surface area contributed by atoms with Gasteiger partial charge in [-0.25, -0.2) is 4.68 Å². The second-order valence-electron chi connectivity index (χ2n) is 5.98. The van der Waals surface area contributed by atoms with E-state index in [0.29, 0.717) is 11.6 Å². The van der Waals surface area contributed by atoms with Gasteiger partial charge in [-0.05, 0) is 84.0 Å². The van der Waals surface area contributed by atoms with Crippen LogP contribution in [-0.2, 0) is 17.9 Å². The van der Waals surface area contributed by atoms with Crippen LogP contribution < -0.4 is 10.1 Å². The number of amides is 1. The molecule has 0 aliphatic rings. The molecule has 0 atom stereocenters. The van der Waals surface area contributed by atoms with Gasteiger partial charge in [-0.3, -0.25) is 4.79 Å². The number of para-hydroxylation sites is 1. The maximum absolute atomic E-state index is 12.4. The Balaban J connectivity index is 1.65. The molecule has 3 aromatic rings. The summed E-state index contributed by atoms with van der Waals surface area (Å²) >= 11 is 7.41. The molecule has 0 saturated heterocycles. The molecule has 0 spiro atoms. The monoisotopic (exact) mass is 495 g/mol. The van der Waals surface area contributed by atoms with Gasteiger partial charge < -0.3 is 14.5 Å². The molecule has 3 rings (SSSR count). The molecule has 0 saturated carbocycles. The van der Waals surface area contributed by atoms with Crippen LogP contribution in [-0.4, -0.2) is 15.7 Å². The molecule has 2 aromatic carbocycles. The molecule has 1 amide bonds. The van der Waals surface area contributed by atoms with Gasteiger partial charge in [-0.15, -0.1) is 5.10 Å². The van der Waals surface area contributed by atoms with E-state index in [1.54, 1.807) is 0 Å². The minimum absolute atomic E-state index is 0.0292. The van der Waals surface area contributed by atoms with Crippen molar-refractivity contribution in [1.82, 2.24) is 9.78 Å². The molecule has 1 aromatic heterocycles. The molecule has 27 heavy (non-hydrogen) atoms. The predicted molar refractivity (Wildman–Crippen MR) is 113 cm³/mol. The van der Waals surface area contributed by atoms with Gasteiger partial charge in [0, 0.05) is 9.26 Å². The highest BCUT2D eigenvalue weighted by atomic mass is 127. The topological polar surface area (TPSA) is 69.3 Å². The van der Waals surface area contributed by atoms with Gasteiger partial charge >= 0.3 is 0 Å². The minimum atomic E-state index is -0.220. The van der Waals surface area contributed by atoms with E-state index in [-0.39, 0.29) is 23.9 Å². The highest BCUT2D eigenvalue weighted by molar-refractivity contribution is 14.1. The second kappa shape index (κ2) is 8.66. The smallest absolute Gasteiger partial charge is 0.287 e. The molecular formula is C19H18IN3O3S. The molecule has 0 unspecified atom stereocenters.